The van der Waals surface area contributed by atoms with E-state index >= 15 is 0 Å². The number of nitrogens with zero attached hydrogens (tertiary/aromatic N) is 1. The number of nitrogen functional groups attached to an aromatic ring is 1. The molecule has 0 saturated heterocycles. The quantitative estimate of drug-likeness (QED) is 0.821. The molecular weight excluding hydrogens is 220 g/mol. The Balaban J connectivity index is 2.02. The topological polar surface area (TPSA) is 52.0 Å². The van der Waals surface area contributed by atoms with Crippen LogP contribution < -0.4 is 5.73 Å². The number of nitrogens with two attached hydrogens (primary N) is 1. The Morgan fingerprint density at radius 3 is 3.06 bits per heavy atom. The second-order valence-corrected chi connectivity index (χ2v) is 5.55. The van der Waals surface area contributed by atoms with E-state index in [0.717, 1.165) is 17.7 Å². The van der Waals surface area contributed by atoms with Crippen molar-refractivity contribution in [2.24, 2.45) is 0 Å². The first kappa shape index (κ1) is 9.78. The van der Waals surface area contributed by atoms with Gasteiger partial charge in [-0.3, -0.25) is 0 Å². The van der Waals surface area contributed by atoms with Crippen LogP contribution in [0.15, 0.2) is 33.7 Å². The zero-order valence-corrected chi connectivity index (χ0v) is 9.75. The van der Waals surface area contributed by atoms with Gasteiger partial charge < -0.3 is 10.3 Å². The van der Waals surface area contributed by atoms with Crippen LogP contribution in [0, 0.1) is 0 Å². The van der Waals surface area contributed by atoms with Crippen molar-refractivity contribution >= 4 is 17.6 Å². The SMILES string of the molecule is CC1Cc2cc(-c3cc(N)no3)ccc2S1. The van der Waals surface area contributed by atoms with Crippen molar-refractivity contribution in [3.63, 3.8) is 0 Å². The molecule has 0 fully saturated rings. The molecule has 2 heterocycles. The maximum Gasteiger partial charge on any atom is 0.169 e. The highest BCUT2D eigenvalue weighted by Crippen LogP contribution is 2.38. The lowest BCUT2D eigenvalue weighted by Crippen LogP contribution is -1.91. The number of hydrogen-bond donors (Lipinski definition) is 1. The first-order valence-corrected chi connectivity index (χ1v) is 6.12. The van der Waals surface area contributed by atoms with Crippen molar-refractivity contribution in [2.45, 2.75) is 23.5 Å². The Morgan fingerprint density at radius 2 is 2.31 bits per heavy atom. The van der Waals surface area contributed by atoms with Crippen molar-refractivity contribution in [2.75, 3.05) is 5.73 Å². The lowest BCUT2D eigenvalue weighted by atomic mass is 10.1. The van der Waals surface area contributed by atoms with E-state index in [1.807, 2.05) is 11.8 Å². The molecule has 1 aromatic carbocycles. The third-order valence-electron chi connectivity index (χ3n) is 2.71. The average Bonchev–Trinajstić information content (AvgIpc) is 2.81. The smallest absolute Gasteiger partial charge is 0.169 e. The molecule has 0 bridgehead atoms. The lowest BCUT2D eigenvalue weighted by molar-refractivity contribution is 0.436. The van der Waals surface area contributed by atoms with Gasteiger partial charge in [-0.1, -0.05) is 18.1 Å². The summed E-state index contributed by atoms with van der Waals surface area (Å²) >= 11 is 1.93. The number of benzene rings is 1. The van der Waals surface area contributed by atoms with E-state index in [2.05, 4.69) is 30.3 Å². The predicted octanol–water partition coefficient (Wildman–Crippen LogP) is 2.96. The normalized spacial score (nSPS) is 18.7. The number of aromatic nitrogens is 1. The highest BCUT2D eigenvalue weighted by molar-refractivity contribution is 8.00. The molecule has 0 amide bonds. The maximum atomic E-state index is 5.54. The van der Waals surface area contributed by atoms with Crippen LogP contribution in [0.3, 0.4) is 0 Å². The van der Waals surface area contributed by atoms with Gasteiger partial charge in [-0.15, -0.1) is 11.8 Å². The third-order valence-corrected chi connectivity index (χ3v) is 3.93. The van der Waals surface area contributed by atoms with Crippen LogP contribution in [0.25, 0.3) is 11.3 Å². The number of fused-ring (bicyclic) bond motifs is 1. The lowest BCUT2D eigenvalue weighted by Gasteiger charge is -2.00. The Labute approximate surface area is 98.0 Å². The number of rotatable bonds is 1. The van der Waals surface area contributed by atoms with Crippen molar-refractivity contribution in [1.82, 2.24) is 5.16 Å². The van der Waals surface area contributed by atoms with Crippen molar-refractivity contribution in [3.8, 4) is 11.3 Å². The van der Waals surface area contributed by atoms with Gasteiger partial charge in [0, 0.05) is 21.8 Å². The number of thioether (sulfide) groups is 1. The molecule has 2 aromatic rings. The fraction of sp³-hybridized carbons (Fsp3) is 0.250. The summed E-state index contributed by atoms with van der Waals surface area (Å²) in [4.78, 5) is 1.38. The highest BCUT2D eigenvalue weighted by atomic mass is 32.2. The largest absolute Gasteiger partial charge is 0.381 e. The molecule has 3 rings (SSSR count). The molecule has 16 heavy (non-hydrogen) atoms. The Morgan fingerprint density at radius 1 is 1.44 bits per heavy atom. The summed E-state index contributed by atoms with van der Waals surface area (Å²) < 4.78 is 5.16. The van der Waals surface area contributed by atoms with E-state index < -0.39 is 0 Å². The van der Waals surface area contributed by atoms with E-state index in [1.165, 1.54) is 10.5 Å². The average molecular weight is 232 g/mol. The van der Waals surface area contributed by atoms with E-state index in [-0.39, 0.29) is 0 Å². The van der Waals surface area contributed by atoms with Gasteiger partial charge in [0.1, 0.15) is 0 Å². The monoisotopic (exact) mass is 232 g/mol. The minimum absolute atomic E-state index is 0.429. The van der Waals surface area contributed by atoms with Crippen LogP contribution in [0.2, 0.25) is 0 Å². The molecule has 82 valence electrons. The van der Waals surface area contributed by atoms with Crippen LogP contribution in [0.5, 0.6) is 0 Å². The van der Waals surface area contributed by atoms with Crippen LogP contribution in [0.1, 0.15) is 12.5 Å². The molecule has 1 aliphatic heterocycles. The Hall–Kier alpha value is -1.42. The summed E-state index contributed by atoms with van der Waals surface area (Å²) in [5.41, 5.74) is 7.99. The molecule has 4 heteroatoms. The molecule has 0 radical (unpaired) electrons. The Bertz CT molecular complexity index is 536. The van der Waals surface area contributed by atoms with Crippen LogP contribution in [0.4, 0.5) is 5.82 Å². The molecule has 1 unspecified atom stereocenters. The summed E-state index contributed by atoms with van der Waals surface area (Å²) in [5, 5.41) is 4.37. The van der Waals surface area contributed by atoms with Crippen LogP contribution in [-0.4, -0.2) is 10.4 Å². The second-order valence-electron chi connectivity index (χ2n) is 4.07. The summed E-state index contributed by atoms with van der Waals surface area (Å²) in [6.45, 7) is 2.25. The zero-order chi connectivity index (χ0) is 11.1. The van der Waals surface area contributed by atoms with Gasteiger partial charge >= 0.3 is 0 Å². The number of hydrogen-bond acceptors (Lipinski definition) is 4. The molecule has 0 aliphatic carbocycles. The molecule has 3 nitrogen and oxygen atoms in total. The van der Waals surface area contributed by atoms with Crippen LogP contribution >= 0.6 is 11.8 Å². The fourth-order valence-corrected chi connectivity index (χ4v) is 3.14. The second kappa shape index (κ2) is 3.56. The highest BCUT2D eigenvalue weighted by Gasteiger charge is 2.19. The minimum atomic E-state index is 0.429. The van der Waals surface area contributed by atoms with E-state index in [0.29, 0.717) is 11.1 Å². The molecule has 1 aromatic heterocycles. The minimum Gasteiger partial charge on any atom is -0.381 e. The molecular formula is C12H12N2OS. The summed E-state index contributed by atoms with van der Waals surface area (Å²) in [6, 6.07) is 8.14. The molecule has 1 atom stereocenters. The predicted molar refractivity (Wildman–Crippen MR) is 65.4 cm³/mol. The fourth-order valence-electron chi connectivity index (χ4n) is 2.00. The van der Waals surface area contributed by atoms with E-state index in [9.17, 15) is 0 Å². The molecule has 1 aliphatic rings. The Kier molecular flexibility index (Phi) is 2.17. The first-order valence-electron chi connectivity index (χ1n) is 5.24. The van der Waals surface area contributed by atoms with E-state index in [1.54, 1.807) is 6.07 Å². The van der Waals surface area contributed by atoms with E-state index in [4.69, 9.17) is 10.3 Å². The number of anilines is 1. The maximum absolute atomic E-state index is 5.54. The van der Waals surface area contributed by atoms with Crippen molar-refractivity contribution in [1.29, 1.82) is 0 Å². The summed E-state index contributed by atoms with van der Waals surface area (Å²) in [5.74, 6) is 1.17. The molecule has 0 spiro atoms. The molecule has 2 N–H and O–H groups in total. The van der Waals surface area contributed by atoms with Crippen molar-refractivity contribution in [3.05, 3.63) is 29.8 Å². The van der Waals surface area contributed by atoms with Gasteiger partial charge in [0.05, 0.1) is 0 Å². The summed E-state index contributed by atoms with van der Waals surface area (Å²) in [6.07, 6.45) is 1.12. The van der Waals surface area contributed by atoms with Crippen molar-refractivity contribution < 1.29 is 4.52 Å². The third kappa shape index (κ3) is 1.59. The van der Waals surface area contributed by atoms with Gasteiger partial charge in [-0.25, -0.2) is 0 Å². The van der Waals surface area contributed by atoms with Gasteiger partial charge in [-0.2, -0.15) is 0 Å². The van der Waals surface area contributed by atoms with Crippen LogP contribution in [-0.2, 0) is 6.42 Å². The molecule has 0 saturated carbocycles. The first-order chi connectivity index (χ1) is 7.72. The van der Waals surface area contributed by atoms with Gasteiger partial charge in [0.2, 0.25) is 0 Å². The van der Waals surface area contributed by atoms with Gasteiger partial charge in [0.25, 0.3) is 0 Å². The van der Waals surface area contributed by atoms with Gasteiger partial charge in [-0.05, 0) is 24.1 Å². The summed E-state index contributed by atoms with van der Waals surface area (Å²) in [7, 11) is 0. The van der Waals surface area contributed by atoms with Gasteiger partial charge in [0.15, 0.2) is 11.6 Å². The standard InChI is InChI=1S/C12H12N2OS/c1-7-4-9-5-8(2-3-11(9)16-7)10-6-12(13)14-15-10/h2-3,5-7H,4H2,1H3,(H2,13,14). The zero-order valence-electron chi connectivity index (χ0n) is 8.93.